The highest BCUT2D eigenvalue weighted by atomic mass is 16.2. The number of aromatic amines is 1. The largest absolute Gasteiger partial charge is 0.338 e. The van der Waals surface area contributed by atoms with Crippen molar-refractivity contribution >= 4 is 16.7 Å². The van der Waals surface area contributed by atoms with E-state index in [-0.39, 0.29) is 11.5 Å². The Morgan fingerprint density at radius 1 is 1.26 bits per heavy atom. The molecule has 0 aliphatic heterocycles. The van der Waals surface area contributed by atoms with Crippen LogP contribution in [-0.4, -0.2) is 34.1 Å². The van der Waals surface area contributed by atoms with Crippen molar-refractivity contribution < 1.29 is 4.79 Å². The minimum Gasteiger partial charge on any atom is -0.338 e. The molecule has 5 heteroatoms. The lowest BCUT2D eigenvalue weighted by Crippen LogP contribution is -2.33. The molecular formula is C14H17N3O2. The third kappa shape index (κ3) is 2.50. The Bertz CT molecular complexity index is 648. The second kappa shape index (κ2) is 5.65. The minimum atomic E-state index is -0.273. The summed E-state index contributed by atoms with van der Waals surface area (Å²) >= 11 is 0. The summed E-state index contributed by atoms with van der Waals surface area (Å²) in [5.41, 5.74) is 0.0381. The van der Waals surface area contributed by atoms with Gasteiger partial charge in [-0.15, -0.1) is 0 Å². The van der Waals surface area contributed by atoms with Crippen molar-refractivity contribution in [2.75, 3.05) is 13.1 Å². The summed E-state index contributed by atoms with van der Waals surface area (Å²) in [6.07, 6.45) is 0.890. The molecule has 0 radical (unpaired) electrons. The van der Waals surface area contributed by atoms with E-state index in [0.717, 1.165) is 6.42 Å². The second-order valence-corrected chi connectivity index (χ2v) is 4.33. The number of hydrogen-bond donors (Lipinski definition) is 1. The summed E-state index contributed by atoms with van der Waals surface area (Å²) < 4.78 is 0. The number of benzene rings is 1. The third-order valence-electron chi connectivity index (χ3n) is 3.06. The number of aromatic nitrogens is 2. The van der Waals surface area contributed by atoms with E-state index in [1.807, 2.05) is 13.8 Å². The molecule has 1 heterocycles. The zero-order valence-corrected chi connectivity index (χ0v) is 11.1. The van der Waals surface area contributed by atoms with Gasteiger partial charge in [0.15, 0.2) is 5.69 Å². The zero-order chi connectivity index (χ0) is 13.8. The quantitative estimate of drug-likeness (QED) is 0.910. The van der Waals surface area contributed by atoms with E-state index in [9.17, 15) is 9.59 Å². The molecule has 19 heavy (non-hydrogen) atoms. The third-order valence-corrected chi connectivity index (χ3v) is 3.06. The normalized spacial score (nSPS) is 10.6. The second-order valence-electron chi connectivity index (χ2n) is 4.33. The summed E-state index contributed by atoms with van der Waals surface area (Å²) in [6.45, 7) is 5.27. The van der Waals surface area contributed by atoms with Crippen molar-refractivity contribution in [1.29, 1.82) is 0 Å². The van der Waals surface area contributed by atoms with Crippen LogP contribution in [0, 0.1) is 0 Å². The lowest BCUT2D eigenvalue weighted by atomic mass is 10.1. The Kier molecular flexibility index (Phi) is 3.94. The first-order chi connectivity index (χ1) is 9.19. The summed E-state index contributed by atoms with van der Waals surface area (Å²) in [5.74, 6) is -0.142. The topological polar surface area (TPSA) is 66.1 Å². The molecule has 0 spiro atoms. The Hall–Kier alpha value is -2.17. The van der Waals surface area contributed by atoms with Gasteiger partial charge in [-0.05, 0) is 19.4 Å². The lowest BCUT2D eigenvalue weighted by molar-refractivity contribution is 0.0759. The van der Waals surface area contributed by atoms with Crippen molar-refractivity contribution in [2.24, 2.45) is 0 Å². The zero-order valence-electron chi connectivity index (χ0n) is 11.1. The summed E-state index contributed by atoms with van der Waals surface area (Å²) in [7, 11) is 0. The Morgan fingerprint density at radius 3 is 2.58 bits per heavy atom. The Labute approximate surface area is 111 Å². The van der Waals surface area contributed by atoms with Gasteiger partial charge in [0.05, 0.1) is 5.39 Å². The number of rotatable bonds is 4. The predicted octanol–water partition coefficient (Wildman–Crippen LogP) is 1.80. The number of nitrogens with zero attached hydrogens (tertiary/aromatic N) is 2. The molecule has 1 aromatic carbocycles. The van der Waals surface area contributed by atoms with Crippen molar-refractivity contribution in [3.8, 4) is 0 Å². The van der Waals surface area contributed by atoms with Gasteiger partial charge in [-0.2, -0.15) is 5.10 Å². The number of amides is 1. The van der Waals surface area contributed by atoms with E-state index in [2.05, 4.69) is 10.2 Å². The van der Waals surface area contributed by atoms with Gasteiger partial charge in [-0.25, -0.2) is 5.10 Å². The molecule has 5 nitrogen and oxygen atoms in total. The number of nitrogens with one attached hydrogen (secondary N) is 1. The highest BCUT2D eigenvalue weighted by Gasteiger charge is 2.18. The SMILES string of the molecule is CCCN(CC)C(=O)c1n[nH]c(=O)c2ccccc12. The van der Waals surface area contributed by atoms with Crippen LogP contribution in [0.5, 0.6) is 0 Å². The average molecular weight is 259 g/mol. The molecule has 0 saturated carbocycles. The first kappa shape index (κ1) is 13.3. The molecule has 1 amide bonds. The highest BCUT2D eigenvalue weighted by molar-refractivity contribution is 6.04. The van der Waals surface area contributed by atoms with E-state index in [4.69, 9.17) is 0 Å². The summed E-state index contributed by atoms with van der Waals surface area (Å²) in [4.78, 5) is 25.8. The van der Waals surface area contributed by atoms with Gasteiger partial charge in [0.1, 0.15) is 0 Å². The van der Waals surface area contributed by atoms with Crippen LogP contribution in [0.4, 0.5) is 0 Å². The number of fused-ring (bicyclic) bond motifs is 1. The van der Waals surface area contributed by atoms with Gasteiger partial charge in [-0.3, -0.25) is 9.59 Å². The number of carbonyl (C=O) groups excluding carboxylic acids is 1. The van der Waals surface area contributed by atoms with Gasteiger partial charge in [-0.1, -0.05) is 25.1 Å². The first-order valence-electron chi connectivity index (χ1n) is 6.45. The highest BCUT2D eigenvalue weighted by Crippen LogP contribution is 2.14. The van der Waals surface area contributed by atoms with Crippen molar-refractivity contribution in [2.45, 2.75) is 20.3 Å². The summed E-state index contributed by atoms with van der Waals surface area (Å²) in [6, 6.07) is 7.03. The molecule has 1 N–H and O–H groups in total. The van der Waals surface area contributed by atoms with Crippen molar-refractivity contribution in [1.82, 2.24) is 15.1 Å². The fourth-order valence-electron chi connectivity index (χ4n) is 2.10. The molecule has 0 aliphatic rings. The molecule has 100 valence electrons. The average Bonchev–Trinajstić information content (AvgIpc) is 2.45. The lowest BCUT2D eigenvalue weighted by Gasteiger charge is -2.19. The van der Waals surface area contributed by atoms with Crippen LogP contribution in [0.3, 0.4) is 0 Å². The predicted molar refractivity (Wildman–Crippen MR) is 74.2 cm³/mol. The maximum absolute atomic E-state index is 12.4. The molecule has 0 fully saturated rings. The van der Waals surface area contributed by atoms with Crippen molar-refractivity contribution in [3.05, 3.63) is 40.3 Å². The van der Waals surface area contributed by atoms with E-state index in [1.54, 1.807) is 29.2 Å². The molecule has 0 aliphatic carbocycles. The van der Waals surface area contributed by atoms with E-state index in [1.165, 1.54) is 0 Å². The van der Waals surface area contributed by atoms with Crippen LogP contribution in [0.15, 0.2) is 29.1 Å². The molecule has 0 atom stereocenters. The van der Waals surface area contributed by atoms with Crippen LogP contribution >= 0.6 is 0 Å². The fourth-order valence-corrected chi connectivity index (χ4v) is 2.10. The molecular weight excluding hydrogens is 242 g/mol. The standard InChI is InChI=1S/C14H17N3O2/c1-3-9-17(4-2)14(19)12-10-7-5-6-8-11(10)13(18)16-15-12/h5-8H,3-4,9H2,1-2H3,(H,16,18). The van der Waals surface area contributed by atoms with Gasteiger partial charge in [0, 0.05) is 18.5 Å². The van der Waals surface area contributed by atoms with Crippen LogP contribution in [0.25, 0.3) is 10.8 Å². The maximum atomic E-state index is 12.4. The van der Waals surface area contributed by atoms with E-state index >= 15 is 0 Å². The van der Waals surface area contributed by atoms with Crippen LogP contribution < -0.4 is 5.56 Å². The molecule has 1 aromatic heterocycles. The van der Waals surface area contributed by atoms with Gasteiger partial charge < -0.3 is 4.90 Å². The summed E-state index contributed by atoms with van der Waals surface area (Å²) in [5, 5.41) is 7.42. The molecule has 2 rings (SSSR count). The molecule has 0 bridgehead atoms. The Balaban J connectivity index is 2.54. The van der Waals surface area contributed by atoms with Crippen LogP contribution in [0.1, 0.15) is 30.8 Å². The van der Waals surface area contributed by atoms with Gasteiger partial charge in [0.2, 0.25) is 0 Å². The fraction of sp³-hybridized carbons (Fsp3) is 0.357. The number of hydrogen-bond acceptors (Lipinski definition) is 3. The first-order valence-corrected chi connectivity index (χ1v) is 6.45. The smallest absolute Gasteiger partial charge is 0.274 e. The molecule has 0 unspecified atom stereocenters. The number of carbonyl (C=O) groups is 1. The molecule has 0 saturated heterocycles. The van der Waals surface area contributed by atoms with Gasteiger partial charge >= 0.3 is 0 Å². The van der Waals surface area contributed by atoms with Crippen LogP contribution in [-0.2, 0) is 0 Å². The Morgan fingerprint density at radius 2 is 1.95 bits per heavy atom. The maximum Gasteiger partial charge on any atom is 0.274 e. The number of H-pyrrole nitrogens is 1. The van der Waals surface area contributed by atoms with Crippen LogP contribution in [0.2, 0.25) is 0 Å². The van der Waals surface area contributed by atoms with E-state index in [0.29, 0.717) is 29.6 Å². The monoisotopic (exact) mass is 259 g/mol. The minimum absolute atomic E-state index is 0.142. The van der Waals surface area contributed by atoms with Crippen molar-refractivity contribution in [3.63, 3.8) is 0 Å². The van der Waals surface area contributed by atoms with Gasteiger partial charge in [0.25, 0.3) is 11.5 Å². The van der Waals surface area contributed by atoms with E-state index < -0.39 is 0 Å². The molecule has 2 aromatic rings.